The first kappa shape index (κ1) is 21.6. The number of aliphatic hydroxyl groups excluding tert-OH is 2. The number of amides is 1. The third kappa shape index (κ3) is 4.51. The molecule has 6 heteroatoms. The molecule has 0 radical (unpaired) electrons. The summed E-state index contributed by atoms with van der Waals surface area (Å²) in [6.45, 7) is 1.98. The van der Waals surface area contributed by atoms with E-state index in [1.807, 2.05) is 43.3 Å². The lowest BCUT2D eigenvalue weighted by Crippen LogP contribution is -2.36. The van der Waals surface area contributed by atoms with Crippen LogP contribution in [0.2, 0.25) is 0 Å². The summed E-state index contributed by atoms with van der Waals surface area (Å²) >= 11 is 3.39. The first-order valence-electron chi connectivity index (χ1n) is 10.2. The highest BCUT2D eigenvalue weighted by Crippen LogP contribution is 2.44. The monoisotopic (exact) mass is 481 g/mol. The van der Waals surface area contributed by atoms with E-state index in [-0.39, 0.29) is 19.1 Å². The molecule has 0 heterocycles. The number of carbonyl (C=O) groups excluding carboxylic acids is 1. The summed E-state index contributed by atoms with van der Waals surface area (Å²) in [7, 11) is 0. The number of carbonyl (C=O) groups is 1. The van der Waals surface area contributed by atoms with Crippen LogP contribution in [0.15, 0.2) is 71.2 Å². The van der Waals surface area contributed by atoms with Gasteiger partial charge < -0.3 is 20.3 Å². The molecule has 0 spiro atoms. The van der Waals surface area contributed by atoms with Gasteiger partial charge in [-0.05, 0) is 40.8 Å². The number of alkyl carbamates (subject to hydrolysis) is 1. The highest BCUT2D eigenvalue weighted by Gasteiger charge is 2.29. The third-order valence-electron chi connectivity index (χ3n) is 5.63. The molecular weight excluding hydrogens is 458 g/mol. The molecule has 0 aliphatic heterocycles. The van der Waals surface area contributed by atoms with E-state index in [0.717, 1.165) is 27.8 Å². The number of hydrogen-bond acceptors (Lipinski definition) is 4. The summed E-state index contributed by atoms with van der Waals surface area (Å²) in [5, 5.41) is 23.3. The Morgan fingerprint density at radius 1 is 1.03 bits per heavy atom. The lowest BCUT2D eigenvalue weighted by atomic mass is 9.98. The maximum Gasteiger partial charge on any atom is 0.407 e. The number of fused-ring (bicyclic) bond motifs is 3. The van der Waals surface area contributed by atoms with Crippen LogP contribution in [-0.4, -0.2) is 35.6 Å². The van der Waals surface area contributed by atoms with Crippen LogP contribution < -0.4 is 5.32 Å². The molecule has 1 amide bonds. The van der Waals surface area contributed by atoms with Gasteiger partial charge in [0.1, 0.15) is 18.8 Å². The summed E-state index contributed by atoms with van der Waals surface area (Å²) in [5.41, 5.74) is 6.13. The van der Waals surface area contributed by atoms with Crippen molar-refractivity contribution in [1.82, 2.24) is 5.32 Å². The van der Waals surface area contributed by atoms with Gasteiger partial charge in [-0.15, -0.1) is 0 Å². The van der Waals surface area contributed by atoms with E-state index in [2.05, 4.69) is 45.5 Å². The number of benzene rings is 3. The maximum atomic E-state index is 12.3. The van der Waals surface area contributed by atoms with Crippen molar-refractivity contribution in [2.45, 2.75) is 25.0 Å². The molecule has 31 heavy (non-hydrogen) atoms. The van der Waals surface area contributed by atoms with Crippen LogP contribution in [0.4, 0.5) is 4.79 Å². The average molecular weight is 482 g/mol. The number of aliphatic hydroxyl groups is 2. The summed E-state index contributed by atoms with van der Waals surface area (Å²) in [6.07, 6.45) is -2.93. The standard InChI is InChI=1S/C25H24BrNO4/c1-15-10-11-22(26)20(12-15)24(29)23(28)13-27-25(30)31-14-21-18-8-4-2-6-16(18)17-7-3-5-9-19(17)21/h2-12,21,23-24,28-29H,13-14H2,1H3,(H,27,30). The van der Waals surface area contributed by atoms with Gasteiger partial charge in [0.05, 0.1) is 0 Å². The van der Waals surface area contributed by atoms with Crippen molar-refractivity contribution < 1.29 is 19.7 Å². The Morgan fingerprint density at radius 2 is 1.65 bits per heavy atom. The van der Waals surface area contributed by atoms with Gasteiger partial charge in [-0.2, -0.15) is 0 Å². The predicted octanol–water partition coefficient (Wildman–Crippen LogP) is 4.69. The second kappa shape index (κ2) is 9.22. The van der Waals surface area contributed by atoms with Gasteiger partial charge in [0, 0.05) is 16.9 Å². The van der Waals surface area contributed by atoms with E-state index in [1.165, 1.54) is 0 Å². The zero-order chi connectivity index (χ0) is 22.0. The first-order chi connectivity index (χ1) is 15.0. The summed E-state index contributed by atoms with van der Waals surface area (Å²) in [6, 6.07) is 21.8. The van der Waals surface area contributed by atoms with Gasteiger partial charge >= 0.3 is 6.09 Å². The Kier molecular flexibility index (Phi) is 6.41. The first-order valence-corrected chi connectivity index (χ1v) is 11.0. The van der Waals surface area contributed by atoms with Crippen molar-refractivity contribution in [3.63, 3.8) is 0 Å². The summed E-state index contributed by atoms with van der Waals surface area (Å²) in [5.74, 6) is -0.0306. The number of hydrogen-bond donors (Lipinski definition) is 3. The minimum absolute atomic E-state index is 0.0306. The number of ether oxygens (including phenoxy) is 1. The molecule has 4 rings (SSSR count). The smallest absolute Gasteiger partial charge is 0.407 e. The highest BCUT2D eigenvalue weighted by molar-refractivity contribution is 9.10. The topological polar surface area (TPSA) is 78.8 Å². The van der Waals surface area contributed by atoms with E-state index in [4.69, 9.17) is 4.74 Å². The molecule has 3 N–H and O–H groups in total. The molecule has 0 saturated carbocycles. The van der Waals surface area contributed by atoms with E-state index < -0.39 is 18.3 Å². The van der Waals surface area contributed by atoms with Gasteiger partial charge in [-0.1, -0.05) is 82.2 Å². The van der Waals surface area contributed by atoms with Crippen molar-refractivity contribution in [2.24, 2.45) is 0 Å². The van der Waals surface area contributed by atoms with E-state index >= 15 is 0 Å². The number of rotatable bonds is 6. The minimum atomic E-state index is -1.17. The minimum Gasteiger partial charge on any atom is -0.449 e. The molecule has 1 aliphatic rings. The van der Waals surface area contributed by atoms with Crippen molar-refractivity contribution in [1.29, 1.82) is 0 Å². The Balaban J connectivity index is 1.35. The molecule has 0 aromatic heterocycles. The molecule has 0 saturated heterocycles. The van der Waals surface area contributed by atoms with Crippen LogP contribution in [0.1, 0.15) is 34.3 Å². The molecule has 0 fully saturated rings. The fourth-order valence-electron chi connectivity index (χ4n) is 4.05. The lowest BCUT2D eigenvalue weighted by molar-refractivity contribution is 0.0181. The fraction of sp³-hybridized carbons (Fsp3) is 0.240. The maximum absolute atomic E-state index is 12.3. The van der Waals surface area contributed by atoms with Gasteiger partial charge in [-0.3, -0.25) is 0 Å². The second-order valence-electron chi connectivity index (χ2n) is 7.74. The number of nitrogens with one attached hydrogen (secondary N) is 1. The molecule has 0 bridgehead atoms. The Morgan fingerprint density at radius 3 is 2.29 bits per heavy atom. The quantitative estimate of drug-likeness (QED) is 0.477. The fourth-order valence-corrected chi connectivity index (χ4v) is 4.53. The molecular formula is C25H24BrNO4. The van der Waals surface area contributed by atoms with Gasteiger partial charge in [0.2, 0.25) is 0 Å². The van der Waals surface area contributed by atoms with Crippen molar-refractivity contribution in [2.75, 3.05) is 13.2 Å². The third-order valence-corrected chi connectivity index (χ3v) is 6.36. The molecule has 3 aromatic carbocycles. The van der Waals surface area contributed by atoms with Crippen LogP contribution in [0.3, 0.4) is 0 Å². The normalized spacial score (nSPS) is 14.5. The van der Waals surface area contributed by atoms with Crippen molar-refractivity contribution in [3.8, 4) is 11.1 Å². The van der Waals surface area contributed by atoms with E-state index in [9.17, 15) is 15.0 Å². The zero-order valence-electron chi connectivity index (χ0n) is 17.1. The largest absolute Gasteiger partial charge is 0.449 e. The molecule has 160 valence electrons. The van der Waals surface area contributed by atoms with Crippen LogP contribution in [0.25, 0.3) is 11.1 Å². The zero-order valence-corrected chi connectivity index (χ0v) is 18.7. The highest BCUT2D eigenvalue weighted by atomic mass is 79.9. The molecule has 2 atom stereocenters. The molecule has 5 nitrogen and oxygen atoms in total. The predicted molar refractivity (Wildman–Crippen MR) is 123 cm³/mol. The number of halogens is 1. The van der Waals surface area contributed by atoms with Crippen LogP contribution in [0, 0.1) is 6.92 Å². The van der Waals surface area contributed by atoms with E-state index in [0.29, 0.717) is 10.0 Å². The van der Waals surface area contributed by atoms with Gasteiger partial charge in [-0.25, -0.2) is 4.79 Å². The Labute approximate surface area is 189 Å². The summed E-state index contributed by atoms with van der Waals surface area (Å²) in [4.78, 5) is 12.3. The Bertz CT molecular complexity index is 1050. The lowest BCUT2D eigenvalue weighted by Gasteiger charge is -2.20. The summed E-state index contributed by atoms with van der Waals surface area (Å²) < 4.78 is 6.17. The number of aryl methyl sites for hydroxylation is 1. The van der Waals surface area contributed by atoms with Gasteiger partial charge in [0.15, 0.2) is 0 Å². The van der Waals surface area contributed by atoms with E-state index in [1.54, 1.807) is 6.07 Å². The average Bonchev–Trinajstić information content (AvgIpc) is 3.11. The molecule has 1 aliphatic carbocycles. The van der Waals surface area contributed by atoms with Crippen molar-refractivity contribution in [3.05, 3.63) is 93.5 Å². The van der Waals surface area contributed by atoms with Crippen LogP contribution in [0.5, 0.6) is 0 Å². The van der Waals surface area contributed by atoms with Crippen molar-refractivity contribution >= 4 is 22.0 Å². The second-order valence-corrected chi connectivity index (χ2v) is 8.60. The molecule has 2 unspecified atom stereocenters. The molecule has 3 aromatic rings. The van der Waals surface area contributed by atoms with Crippen LogP contribution in [-0.2, 0) is 4.74 Å². The SMILES string of the molecule is Cc1ccc(Br)c(C(O)C(O)CNC(=O)OCC2c3ccccc3-c3ccccc32)c1. The van der Waals surface area contributed by atoms with Crippen LogP contribution >= 0.6 is 15.9 Å². The van der Waals surface area contributed by atoms with Gasteiger partial charge in [0.25, 0.3) is 0 Å². The Hall–Kier alpha value is -2.67.